The van der Waals surface area contributed by atoms with E-state index in [0.717, 1.165) is 15.7 Å². The molecule has 1 fully saturated rings. The third-order valence-electron chi connectivity index (χ3n) is 5.36. The van der Waals surface area contributed by atoms with Crippen molar-refractivity contribution in [3.8, 4) is 11.6 Å². The maximum absolute atomic E-state index is 12.8. The van der Waals surface area contributed by atoms with E-state index in [1.54, 1.807) is 0 Å². The zero-order valence-electron chi connectivity index (χ0n) is 14.6. The fraction of sp³-hybridized carbons (Fsp3) is 0.0500. The highest BCUT2D eigenvalue weighted by Crippen LogP contribution is 2.58. The number of nitrogens with one attached hydrogen (secondary N) is 1. The Bertz CT molecular complexity index is 1370. The van der Waals surface area contributed by atoms with Crippen molar-refractivity contribution < 1.29 is 14.3 Å². The Morgan fingerprint density at radius 2 is 1.97 bits per heavy atom. The minimum Gasteiger partial charge on any atom is -0.423 e. The number of carbonyl (C=O) groups excluding carboxylic acids is 1. The smallest absolute Gasteiger partial charge is 0.347 e. The number of aliphatic imine (C=N–C) groups is 1. The summed E-state index contributed by atoms with van der Waals surface area (Å²) in [5.41, 5.74) is 8.15. The summed E-state index contributed by atoms with van der Waals surface area (Å²) in [4.78, 5) is 20.5. The first-order chi connectivity index (χ1) is 14.0. The second-order valence-corrected chi connectivity index (χ2v) is 8.14. The molecule has 1 atom stereocenters. The van der Waals surface area contributed by atoms with Crippen LogP contribution in [0.2, 0.25) is 0 Å². The lowest BCUT2D eigenvalue weighted by molar-refractivity contribution is -0.129. The number of benzene rings is 2. The predicted molar refractivity (Wildman–Crippen MR) is 111 cm³/mol. The molecular formula is C20H11BrN4O3S. The first-order valence-corrected chi connectivity index (χ1v) is 9.92. The van der Waals surface area contributed by atoms with E-state index in [1.165, 1.54) is 0 Å². The number of ether oxygens (including phenoxy) is 2. The molecule has 1 saturated heterocycles. The molecule has 1 spiro atoms. The van der Waals surface area contributed by atoms with Crippen LogP contribution in [0, 0.1) is 4.77 Å². The molecule has 2 aromatic carbocycles. The summed E-state index contributed by atoms with van der Waals surface area (Å²) in [6.45, 7) is 0. The average Bonchev–Trinajstić information content (AvgIpc) is 3.28. The van der Waals surface area contributed by atoms with Crippen LogP contribution in [-0.4, -0.2) is 21.4 Å². The van der Waals surface area contributed by atoms with Crippen molar-refractivity contribution in [2.75, 3.05) is 0 Å². The lowest BCUT2D eigenvalue weighted by Gasteiger charge is -2.31. The highest BCUT2D eigenvalue weighted by molar-refractivity contribution is 9.10. The summed E-state index contributed by atoms with van der Waals surface area (Å²) >= 11 is 9.13. The highest BCUT2D eigenvalue weighted by Gasteiger charge is 2.64. The standard InChI is InChI=1S/C20H11BrN4O3S/c21-9-6-7-12-11(8-9)20-13(17(26)28-18(20)23-12)15(22)27-16-14(20)25(19(29)24-16)10-4-2-1-3-5-10/h1-8H,22H2,(H,24,29). The van der Waals surface area contributed by atoms with Crippen molar-refractivity contribution in [1.29, 1.82) is 0 Å². The van der Waals surface area contributed by atoms with Crippen LogP contribution in [0.4, 0.5) is 5.69 Å². The van der Waals surface area contributed by atoms with Gasteiger partial charge in [0.05, 0.1) is 5.69 Å². The summed E-state index contributed by atoms with van der Waals surface area (Å²) in [6, 6.07) is 15.3. The van der Waals surface area contributed by atoms with E-state index in [0.29, 0.717) is 22.0 Å². The Kier molecular flexibility index (Phi) is 3.15. The SMILES string of the molecule is NC1=C2C(=O)OC3=Nc4ccc(Br)cc4C32c2c([nH]c(=S)n2-c2ccccc2)O1. The van der Waals surface area contributed by atoms with Crippen molar-refractivity contribution in [2.45, 2.75) is 5.41 Å². The Hall–Kier alpha value is -3.17. The van der Waals surface area contributed by atoms with Gasteiger partial charge in [-0.15, -0.1) is 0 Å². The van der Waals surface area contributed by atoms with E-state index in [2.05, 4.69) is 25.9 Å². The molecule has 0 saturated carbocycles. The Balaban J connectivity index is 1.80. The zero-order chi connectivity index (χ0) is 19.9. The number of imidazole rings is 1. The van der Waals surface area contributed by atoms with Gasteiger partial charge in [0, 0.05) is 15.7 Å². The van der Waals surface area contributed by atoms with E-state index in [9.17, 15) is 4.79 Å². The maximum Gasteiger partial charge on any atom is 0.347 e. The summed E-state index contributed by atoms with van der Waals surface area (Å²) in [6.07, 6.45) is 0. The van der Waals surface area contributed by atoms with E-state index in [4.69, 9.17) is 27.4 Å². The van der Waals surface area contributed by atoms with Crippen LogP contribution in [0.25, 0.3) is 5.69 Å². The van der Waals surface area contributed by atoms with E-state index >= 15 is 0 Å². The average molecular weight is 467 g/mol. The molecule has 142 valence electrons. The molecule has 3 N–H and O–H groups in total. The van der Waals surface area contributed by atoms with Gasteiger partial charge in [-0.05, 0) is 42.5 Å². The number of H-pyrrole nitrogens is 1. The van der Waals surface area contributed by atoms with Crippen LogP contribution in [-0.2, 0) is 14.9 Å². The van der Waals surface area contributed by atoms with Crippen LogP contribution in [0.15, 0.2) is 69.5 Å². The summed E-state index contributed by atoms with van der Waals surface area (Å²) in [5, 5.41) is 0. The highest BCUT2D eigenvalue weighted by atomic mass is 79.9. The number of rotatable bonds is 1. The van der Waals surface area contributed by atoms with Crippen LogP contribution in [0.3, 0.4) is 0 Å². The van der Waals surface area contributed by atoms with Crippen molar-refractivity contribution in [3.05, 3.63) is 80.5 Å². The monoisotopic (exact) mass is 466 g/mol. The molecule has 0 amide bonds. The fourth-order valence-electron chi connectivity index (χ4n) is 4.29. The van der Waals surface area contributed by atoms with Gasteiger partial charge in [0.2, 0.25) is 17.7 Å². The number of nitrogens with zero attached hydrogens (tertiary/aromatic N) is 2. The molecule has 4 heterocycles. The van der Waals surface area contributed by atoms with Crippen LogP contribution in [0.1, 0.15) is 11.3 Å². The van der Waals surface area contributed by atoms with Gasteiger partial charge in [-0.1, -0.05) is 34.1 Å². The maximum atomic E-state index is 12.8. The number of hydrogen-bond acceptors (Lipinski definition) is 6. The van der Waals surface area contributed by atoms with E-state index in [1.807, 2.05) is 53.1 Å². The van der Waals surface area contributed by atoms with Gasteiger partial charge in [0.15, 0.2) is 10.2 Å². The number of carbonyl (C=O) groups is 1. The number of aromatic nitrogens is 2. The molecule has 0 radical (unpaired) electrons. The first kappa shape index (κ1) is 16.8. The molecule has 3 aromatic rings. The summed E-state index contributed by atoms with van der Waals surface area (Å²) in [5.74, 6) is -0.00282. The molecule has 3 aliphatic rings. The molecule has 29 heavy (non-hydrogen) atoms. The lowest BCUT2D eigenvalue weighted by Crippen LogP contribution is -2.40. The van der Waals surface area contributed by atoms with Gasteiger partial charge in [0.1, 0.15) is 11.3 Å². The minimum absolute atomic E-state index is 0.0306. The second kappa shape index (κ2) is 5.46. The van der Waals surface area contributed by atoms with Crippen LogP contribution >= 0.6 is 28.1 Å². The van der Waals surface area contributed by atoms with Crippen molar-refractivity contribution in [3.63, 3.8) is 0 Å². The normalized spacial score (nSPS) is 21.0. The number of para-hydroxylation sites is 1. The number of fused-ring (bicyclic) bond motifs is 2. The fourth-order valence-corrected chi connectivity index (χ4v) is 4.94. The van der Waals surface area contributed by atoms with Crippen LogP contribution in [0.5, 0.6) is 5.88 Å². The number of aromatic amines is 1. The minimum atomic E-state index is -1.14. The van der Waals surface area contributed by atoms with Gasteiger partial charge in [-0.2, -0.15) is 0 Å². The Morgan fingerprint density at radius 1 is 1.17 bits per heavy atom. The van der Waals surface area contributed by atoms with Gasteiger partial charge < -0.3 is 20.2 Å². The second-order valence-electron chi connectivity index (χ2n) is 6.84. The van der Waals surface area contributed by atoms with Crippen molar-refractivity contribution in [2.24, 2.45) is 10.7 Å². The molecule has 0 bridgehead atoms. The number of esters is 1. The molecule has 0 aliphatic carbocycles. The number of nitrogens with two attached hydrogens (primary N) is 1. The van der Waals surface area contributed by atoms with Gasteiger partial charge >= 0.3 is 5.97 Å². The topological polar surface area (TPSA) is 94.6 Å². The number of halogens is 1. The predicted octanol–water partition coefficient (Wildman–Crippen LogP) is 3.75. The number of hydrogen-bond donors (Lipinski definition) is 2. The van der Waals surface area contributed by atoms with E-state index < -0.39 is 11.4 Å². The Labute approximate surface area is 177 Å². The van der Waals surface area contributed by atoms with Crippen molar-refractivity contribution in [1.82, 2.24) is 9.55 Å². The van der Waals surface area contributed by atoms with E-state index in [-0.39, 0.29) is 17.4 Å². The molecule has 9 heteroatoms. The quantitative estimate of drug-likeness (QED) is 0.420. The molecule has 1 aromatic heterocycles. The first-order valence-electron chi connectivity index (χ1n) is 8.72. The third-order valence-corrected chi connectivity index (χ3v) is 6.14. The van der Waals surface area contributed by atoms with Gasteiger partial charge in [-0.3, -0.25) is 4.57 Å². The zero-order valence-corrected chi connectivity index (χ0v) is 17.0. The summed E-state index contributed by atoms with van der Waals surface area (Å²) in [7, 11) is 0. The van der Waals surface area contributed by atoms with Gasteiger partial charge in [0.25, 0.3) is 0 Å². The van der Waals surface area contributed by atoms with Gasteiger partial charge in [-0.25, -0.2) is 9.79 Å². The third kappa shape index (κ3) is 1.93. The molecule has 6 rings (SSSR count). The summed E-state index contributed by atoms with van der Waals surface area (Å²) < 4.78 is 14.5. The largest absolute Gasteiger partial charge is 0.423 e. The Morgan fingerprint density at radius 3 is 2.76 bits per heavy atom. The molecule has 7 nitrogen and oxygen atoms in total. The van der Waals surface area contributed by atoms with Crippen LogP contribution < -0.4 is 10.5 Å². The molecular weight excluding hydrogens is 456 g/mol. The molecule has 3 aliphatic heterocycles. The molecule has 1 unspecified atom stereocenters. The lowest BCUT2D eigenvalue weighted by atomic mass is 9.72. The van der Waals surface area contributed by atoms with Crippen molar-refractivity contribution >= 4 is 45.7 Å².